The van der Waals surface area contributed by atoms with Crippen molar-refractivity contribution in [3.05, 3.63) is 120 Å². The van der Waals surface area contributed by atoms with Gasteiger partial charge in [-0.2, -0.15) is 0 Å². The van der Waals surface area contributed by atoms with Gasteiger partial charge in [0, 0.05) is 0 Å². The molecule has 0 radical (unpaired) electrons. The van der Waals surface area contributed by atoms with Crippen molar-refractivity contribution in [2.75, 3.05) is 20.3 Å². The second-order valence-electron chi connectivity index (χ2n) is 11.6. The number of methoxy groups -OCH3 is 1. The van der Waals surface area contributed by atoms with Crippen LogP contribution in [0.4, 0.5) is 0 Å². The fraction of sp³-hybridized carbons (Fsp3) is 0.351. The van der Waals surface area contributed by atoms with Crippen molar-refractivity contribution in [2.45, 2.75) is 63.6 Å². The van der Waals surface area contributed by atoms with Gasteiger partial charge in [-0.05, 0) is 68.2 Å². The Morgan fingerprint density at radius 1 is 0.979 bits per heavy atom. The monoisotopic (exact) mass is 654 g/mol. The first-order valence-corrected chi connectivity index (χ1v) is 16.0. The highest BCUT2D eigenvalue weighted by molar-refractivity contribution is 5.85. The number of hydrogen-bond acceptors (Lipinski definition) is 10. The van der Waals surface area contributed by atoms with E-state index in [4.69, 9.17) is 23.8 Å². The molecule has 0 spiro atoms. The quantitative estimate of drug-likeness (QED) is 0.0672. The lowest BCUT2D eigenvalue weighted by molar-refractivity contribution is -0.152. The Morgan fingerprint density at radius 3 is 2.40 bits per heavy atom. The topological polar surface area (TPSA) is 127 Å². The van der Waals surface area contributed by atoms with Crippen LogP contribution in [0.15, 0.2) is 108 Å². The summed E-state index contributed by atoms with van der Waals surface area (Å²) in [4.78, 5) is 18.4. The molecule has 1 aromatic heterocycles. The number of benzene rings is 3. The van der Waals surface area contributed by atoms with E-state index < -0.39 is 18.3 Å². The fourth-order valence-corrected chi connectivity index (χ4v) is 5.12. The molecule has 0 bridgehead atoms. The molecule has 2 heterocycles. The molecule has 0 amide bonds. The molecule has 0 saturated heterocycles. The minimum Gasteiger partial charge on any atom is -0.497 e. The highest BCUT2D eigenvalue weighted by Crippen LogP contribution is 2.29. The number of aromatic nitrogens is 3. The van der Waals surface area contributed by atoms with Crippen molar-refractivity contribution in [3.63, 3.8) is 0 Å². The van der Waals surface area contributed by atoms with Gasteiger partial charge in [-0.15, -0.1) is 5.10 Å². The van der Waals surface area contributed by atoms with E-state index in [1.165, 1.54) is 0 Å². The van der Waals surface area contributed by atoms with E-state index in [9.17, 15) is 9.90 Å². The van der Waals surface area contributed by atoms with E-state index in [2.05, 4.69) is 15.5 Å². The minimum absolute atomic E-state index is 0.0197. The lowest BCUT2D eigenvalue weighted by Crippen LogP contribution is -2.40. The Labute approximate surface area is 280 Å². The van der Waals surface area contributed by atoms with Crippen LogP contribution in [0, 0.1) is 0 Å². The number of nitrogens with zero attached hydrogens (tertiary/aromatic N) is 4. The van der Waals surface area contributed by atoms with Crippen LogP contribution in [0.25, 0.3) is 0 Å². The average molecular weight is 655 g/mol. The number of carbonyl (C=O) groups excluding carboxylic acids is 1. The van der Waals surface area contributed by atoms with Gasteiger partial charge in [0.05, 0.1) is 38.1 Å². The van der Waals surface area contributed by atoms with E-state index in [-0.39, 0.29) is 37.7 Å². The van der Waals surface area contributed by atoms with E-state index in [0.717, 1.165) is 16.9 Å². The van der Waals surface area contributed by atoms with Gasteiger partial charge < -0.3 is 28.9 Å². The molecule has 252 valence electrons. The largest absolute Gasteiger partial charge is 0.497 e. The third-order valence-corrected chi connectivity index (χ3v) is 7.93. The second-order valence-corrected chi connectivity index (χ2v) is 11.6. The van der Waals surface area contributed by atoms with Crippen molar-refractivity contribution in [2.24, 2.45) is 5.16 Å². The zero-order valence-electron chi connectivity index (χ0n) is 27.4. The molecule has 0 aliphatic carbocycles. The van der Waals surface area contributed by atoms with Crippen LogP contribution in [0.1, 0.15) is 61.8 Å². The number of oxime groups is 1. The minimum atomic E-state index is -0.531. The second kappa shape index (κ2) is 17.2. The zero-order valence-corrected chi connectivity index (χ0v) is 27.4. The standard InChI is InChI=1S/C37H42N4O7/c1-26(39-48-27(2)33-23-41(40-38-33)30(24-42)22-28-10-6-4-7-11-28)14-21-37(43)45-25-36-35(46-32-17-15-31(44-3)16-18-32)20-19-34(47-36)29-12-8-5-9-13-29/h4-13,15-20,23,27,30,34-36,42H,14,21-22,24-25H2,1-3H3/b39-26+/t27-,30-,34-,35-,36+/m0/s1. The maximum Gasteiger partial charge on any atom is 0.306 e. The highest BCUT2D eigenvalue weighted by atomic mass is 16.6. The number of carbonyl (C=O) groups is 1. The molecule has 5 atom stereocenters. The van der Waals surface area contributed by atoms with Crippen LogP contribution in [0.2, 0.25) is 0 Å². The van der Waals surface area contributed by atoms with E-state index in [1.807, 2.05) is 104 Å². The predicted octanol–water partition coefficient (Wildman–Crippen LogP) is 5.98. The molecule has 11 heteroatoms. The summed E-state index contributed by atoms with van der Waals surface area (Å²) < 4.78 is 25.1. The molecular weight excluding hydrogens is 612 g/mol. The smallest absolute Gasteiger partial charge is 0.306 e. The molecule has 11 nitrogen and oxygen atoms in total. The molecule has 0 saturated carbocycles. The first-order chi connectivity index (χ1) is 23.4. The Morgan fingerprint density at radius 2 is 1.69 bits per heavy atom. The van der Waals surface area contributed by atoms with Gasteiger partial charge in [0.2, 0.25) is 0 Å². The predicted molar refractivity (Wildman–Crippen MR) is 180 cm³/mol. The number of aliphatic hydroxyl groups excluding tert-OH is 1. The van der Waals surface area contributed by atoms with Crippen molar-refractivity contribution < 1.29 is 33.7 Å². The van der Waals surface area contributed by atoms with E-state index in [0.29, 0.717) is 30.0 Å². The summed E-state index contributed by atoms with van der Waals surface area (Å²) in [7, 11) is 1.61. The molecule has 48 heavy (non-hydrogen) atoms. The average Bonchev–Trinajstić information content (AvgIpc) is 3.63. The number of esters is 1. The molecular formula is C37H42N4O7. The van der Waals surface area contributed by atoms with Crippen LogP contribution < -0.4 is 9.47 Å². The normalized spacial score (nSPS) is 18.9. The lowest BCUT2D eigenvalue weighted by Gasteiger charge is -2.32. The van der Waals surface area contributed by atoms with E-state index >= 15 is 0 Å². The molecule has 0 fully saturated rings. The Balaban J connectivity index is 1.11. The molecule has 1 aliphatic rings. The van der Waals surface area contributed by atoms with Crippen molar-refractivity contribution >= 4 is 11.7 Å². The maximum atomic E-state index is 12.8. The molecule has 1 N–H and O–H groups in total. The maximum absolute atomic E-state index is 12.8. The Bertz CT molecular complexity index is 1630. The molecule has 5 rings (SSSR count). The van der Waals surface area contributed by atoms with Gasteiger partial charge in [-0.3, -0.25) is 4.79 Å². The van der Waals surface area contributed by atoms with Crippen LogP contribution in [0.3, 0.4) is 0 Å². The first-order valence-electron chi connectivity index (χ1n) is 16.0. The first kappa shape index (κ1) is 34.3. The van der Waals surface area contributed by atoms with Crippen LogP contribution in [-0.2, 0) is 25.5 Å². The van der Waals surface area contributed by atoms with Crippen molar-refractivity contribution in [1.82, 2.24) is 15.0 Å². The number of aliphatic hydroxyl groups is 1. The SMILES string of the molecule is COc1ccc(O[C@H]2C=C[C@@H](c3ccccc3)O[C@@H]2COC(=O)CC/C(C)=N/O[C@@H](C)c2cn([C@H](CO)Cc3ccccc3)nn2)cc1. The molecule has 1 aliphatic heterocycles. The Kier molecular flexibility index (Phi) is 12.3. The van der Waals surface area contributed by atoms with Crippen molar-refractivity contribution in [3.8, 4) is 11.5 Å². The van der Waals surface area contributed by atoms with Crippen molar-refractivity contribution in [1.29, 1.82) is 0 Å². The summed E-state index contributed by atoms with van der Waals surface area (Å²) in [5.74, 6) is 0.990. The molecule has 0 unspecified atom stereocenters. The van der Waals surface area contributed by atoms with Gasteiger partial charge in [0.1, 0.15) is 42.1 Å². The summed E-state index contributed by atoms with van der Waals surface area (Å²) in [6, 6.07) is 26.8. The van der Waals surface area contributed by atoms with Crippen LogP contribution in [0.5, 0.6) is 11.5 Å². The summed E-state index contributed by atoms with van der Waals surface area (Å²) in [5, 5.41) is 22.5. The summed E-state index contributed by atoms with van der Waals surface area (Å²) in [5.41, 5.74) is 3.30. The lowest BCUT2D eigenvalue weighted by atomic mass is 10.0. The van der Waals surface area contributed by atoms with Crippen LogP contribution >= 0.6 is 0 Å². The number of rotatable bonds is 16. The third-order valence-electron chi connectivity index (χ3n) is 7.93. The third kappa shape index (κ3) is 9.76. The number of hydrogen-bond donors (Lipinski definition) is 1. The summed E-state index contributed by atoms with van der Waals surface area (Å²) in [6.45, 7) is 3.55. The van der Waals surface area contributed by atoms with Gasteiger partial charge in [0.25, 0.3) is 0 Å². The molecule has 4 aromatic rings. The summed E-state index contributed by atoms with van der Waals surface area (Å²) in [6.07, 6.45) is 4.99. The van der Waals surface area contributed by atoms with Gasteiger partial charge in [0.15, 0.2) is 6.10 Å². The van der Waals surface area contributed by atoms with Gasteiger partial charge >= 0.3 is 5.97 Å². The number of ether oxygens (including phenoxy) is 4. The zero-order chi connectivity index (χ0) is 33.7. The van der Waals surface area contributed by atoms with Gasteiger partial charge in [-0.25, -0.2) is 4.68 Å². The van der Waals surface area contributed by atoms with E-state index in [1.54, 1.807) is 24.9 Å². The highest BCUT2D eigenvalue weighted by Gasteiger charge is 2.31. The van der Waals surface area contributed by atoms with Gasteiger partial charge in [-0.1, -0.05) is 77.1 Å². The van der Waals surface area contributed by atoms with Crippen LogP contribution in [-0.4, -0.2) is 64.3 Å². The molecule has 3 aromatic carbocycles. The fourth-order valence-electron chi connectivity index (χ4n) is 5.12. The summed E-state index contributed by atoms with van der Waals surface area (Å²) >= 11 is 0. The Hall–Kier alpha value is -5.00.